The van der Waals surface area contributed by atoms with Crippen LogP contribution in [0.25, 0.3) is 0 Å². The number of rotatable bonds is 6. The molecule has 1 amide bonds. The van der Waals surface area contributed by atoms with Crippen LogP contribution < -0.4 is 10.9 Å². The number of aryl methyl sites for hydroxylation is 1. The van der Waals surface area contributed by atoms with Crippen molar-refractivity contribution in [3.63, 3.8) is 0 Å². The lowest BCUT2D eigenvalue weighted by molar-refractivity contribution is -0.138. The van der Waals surface area contributed by atoms with Gasteiger partial charge in [-0.3, -0.25) is 9.59 Å². The molecule has 0 unspecified atom stereocenters. The first-order valence-electron chi connectivity index (χ1n) is 7.45. The Hall–Kier alpha value is -2.57. The summed E-state index contributed by atoms with van der Waals surface area (Å²) >= 11 is 0. The van der Waals surface area contributed by atoms with Crippen molar-refractivity contribution >= 4 is 5.91 Å². The van der Waals surface area contributed by atoms with E-state index < -0.39 is 17.6 Å². The summed E-state index contributed by atoms with van der Waals surface area (Å²) in [5, 5.41) is 2.58. The average Bonchev–Trinajstić information content (AvgIpc) is 2.52. The number of aromatic nitrogens is 1. The van der Waals surface area contributed by atoms with Crippen LogP contribution in [-0.2, 0) is 23.9 Å². The second-order valence-corrected chi connectivity index (χ2v) is 5.27. The molecule has 2 rings (SSSR count). The highest BCUT2D eigenvalue weighted by Crippen LogP contribution is 2.31. The third kappa shape index (κ3) is 4.97. The molecule has 1 aromatic carbocycles. The van der Waals surface area contributed by atoms with Crippen LogP contribution in [0.5, 0.6) is 0 Å². The topological polar surface area (TPSA) is 51.1 Å². The van der Waals surface area contributed by atoms with E-state index in [1.54, 1.807) is 18.3 Å². The number of nitrogens with one attached hydrogen (secondary N) is 1. The standard InChI is InChI=1S/C17H17F3N2O2/c18-17(19,20)14-7-2-1-6-13(14)12-15(23)21-9-5-11-22-10-4-3-8-16(22)24/h1-4,6-8,10H,5,9,11-12H2,(H,21,23). The molecular formula is C17H17F3N2O2. The number of carbonyl (C=O) groups excluding carboxylic acids is 1. The first-order chi connectivity index (χ1) is 11.4. The van der Waals surface area contributed by atoms with Crippen LogP contribution in [0.4, 0.5) is 13.2 Å². The lowest BCUT2D eigenvalue weighted by Crippen LogP contribution is -2.28. The van der Waals surface area contributed by atoms with Gasteiger partial charge in [-0.25, -0.2) is 0 Å². The lowest BCUT2D eigenvalue weighted by Gasteiger charge is -2.12. The predicted molar refractivity (Wildman–Crippen MR) is 83.5 cm³/mol. The van der Waals surface area contributed by atoms with Crippen LogP contribution in [-0.4, -0.2) is 17.0 Å². The van der Waals surface area contributed by atoms with E-state index in [0.717, 1.165) is 6.07 Å². The zero-order valence-corrected chi connectivity index (χ0v) is 12.8. The molecule has 1 heterocycles. The molecule has 24 heavy (non-hydrogen) atoms. The number of benzene rings is 1. The first-order valence-corrected chi connectivity index (χ1v) is 7.45. The van der Waals surface area contributed by atoms with E-state index in [0.29, 0.717) is 13.0 Å². The average molecular weight is 338 g/mol. The summed E-state index contributed by atoms with van der Waals surface area (Å²) in [6.07, 6.45) is -2.66. The molecule has 4 nitrogen and oxygen atoms in total. The lowest BCUT2D eigenvalue weighted by atomic mass is 10.0. The van der Waals surface area contributed by atoms with Gasteiger partial charge in [0.05, 0.1) is 12.0 Å². The molecule has 0 radical (unpaired) electrons. The highest BCUT2D eigenvalue weighted by atomic mass is 19.4. The number of nitrogens with zero attached hydrogens (tertiary/aromatic N) is 1. The van der Waals surface area contributed by atoms with Gasteiger partial charge in [-0.2, -0.15) is 13.2 Å². The predicted octanol–water partition coefficient (Wildman–Crippen LogP) is 2.62. The molecule has 0 atom stereocenters. The maximum atomic E-state index is 12.9. The monoisotopic (exact) mass is 338 g/mol. The number of carbonyl (C=O) groups is 1. The van der Waals surface area contributed by atoms with Crippen molar-refractivity contribution in [2.45, 2.75) is 25.6 Å². The summed E-state index contributed by atoms with van der Waals surface area (Å²) in [6.45, 7) is 0.716. The summed E-state index contributed by atoms with van der Waals surface area (Å²) in [7, 11) is 0. The van der Waals surface area contributed by atoms with Crippen LogP contribution in [0.3, 0.4) is 0 Å². The van der Waals surface area contributed by atoms with E-state index in [1.807, 2.05) is 0 Å². The molecule has 0 fully saturated rings. The number of alkyl halides is 3. The largest absolute Gasteiger partial charge is 0.416 e. The summed E-state index contributed by atoms with van der Waals surface area (Å²) in [5.74, 6) is -0.480. The van der Waals surface area contributed by atoms with Crippen LogP contribution in [0.15, 0.2) is 53.5 Å². The summed E-state index contributed by atoms with van der Waals surface area (Å²) in [6, 6.07) is 9.83. The number of pyridine rings is 1. The Kier molecular flexibility index (Phi) is 5.78. The van der Waals surface area contributed by atoms with Crippen molar-refractivity contribution in [3.8, 4) is 0 Å². The summed E-state index contributed by atoms with van der Waals surface area (Å²) < 4.78 is 40.1. The van der Waals surface area contributed by atoms with Gasteiger partial charge in [-0.15, -0.1) is 0 Å². The minimum atomic E-state index is -4.48. The fourth-order valence-electron chi connectivity index (χ4n) is 2.31. The van der Waals surface area contributed by atoms with E-state index in [9.17, 15) is 22.8 Å². The third-order valence-corrected chi connectivity index (χ3v) is 3.47. The highest BCUT2D eigenvalue weighted by molar-refractivity contribution is 5.78. The Bertz CT molecular complexity index is 754. The molecule has 0 aliphatic heterocycles. The van der Waals surface area contributed by atoms with E-state index in [2.05, 4.69) is 5.32 Å². The van der Waals surface area contributed by atoms with Gasteiger partial charge in [0.25, 0.3) is 0 Å². The van der Waals surface area contributed by atoms with Gasteiger partial charge in [0.2, 0.25) is 11.5 Å². The second-order valence-electron chi connectivity index (χ2n) is 5.27. The Morgan fingerprint density at radius 3 is 2.50 bits per heavy atom. The molecule has 7 heteroatoms. The van der Waals surface area contributed by atoms with Gasteiger partial charge in [-0.05, 0) is 24.1 Å². The van der Waals surface area contributed by atoms with E-state index >= 15 is 0 Å². The third-order valence-electron chi connectivity index (χ3n) is 3.47. The number of hydrogen-bond donors (Lipinski definition) is 1. The van der Waals surface area contributed by atoms with Crippen molar-refractivity contribution in [2.75, 3.05) is 6.54 Å². The smallest absolute Gasteiger partial charge is 0.356 e. The van der Waals surface area contributed by atoms with E-state index in [1.165, 1.54) is 28.8 Å². The van der Waals surface area contributed by atoms with Crippen molar-refractivity contribution in [1.82, 2.24) is 9.88 Å². The van der Waals surface area contributed by atoms with Crippen LogP contribution in [0, 0.1) is 0 Å². The fraction of sp³-hybridized carbons (Fsp3) is 0.294. The molecule has 128 valence electrons. The van der Waals surface area contributed by atoms with Crippen molar-refractivity contribution in [2.24, 2.45) is 0 Å². The first kappa shape index (κ1) is 17.8. The molecule has 2 aromatic rings. The van der Waals surface area contributed by atoms with Crippen LogP contribution in [0.1, 0.15) is 17.5 Å². The van der Waals surface area contributed by atoms with Crippen LogP contribution in [0.2, 0.25) is 0 Å². The van der Waals surface area contributed by atoms with Crippen molar-refractivity contribution < 1.29 is 18.0 Å². The van der Waals surface area contributed by atoms with Gasteiger partial charge in [-0.1, -0.05) is 24.3 Å². The molecule has 0 aliphatic carbocycles. The number of amides is 1. The van der Waals surface area contributed by atoms with Crippen molar-refractivity contribution in [1.29, 1.82) is 0 Å². The van der Waals surface area contributed by atoms with Gasteiger partial charge >= 0.3 is 6.18 Å². The summed E-state index contributed by atoms with van der Waals surface area (Å²) in [4.78, 5) is 23.3. The van der Waals surface area contributed by atoms with Crippen molar-refractivity contribution in [3.05, 3.63) is 70.1 Å². The highest BCUT2D eigenvalue weighted by Gasteiger charge is 2.33. The quantitative estimate of drug-likeness (QED) is 0.823. The Balaban J connectivity index is 1.84. The van der Waals surface area contributed by atoms with E-state index in [-0.39, 0.29) is 24.1 Å². The molecule has 0 spiro atoms. The zero-order valence-electron chi connectivity index (χ0n) is 12.8. The molecular weight excluding hydrogens is 321 g/mol. The zero-order chi connectivity index (χ0) is 17.6. The van der Waals surface area contributed by atoms with Gasteiger partial charge in [0.1, 0.15) is 0 Å². The van der Waals surface area contributed by atoms with Gasteiger partial charge < -0.3 is 9.88 Å². The molecule has 1 aromatic heterocycles. The number of halogens is 3. The maximum absolute atomic E-state index is 12.9. The minimum Gasteiger partial charge on any atom is -0.356 e. The Morgan fingerprint density at radius 2 is 1.79 bits per heavy atom. The second kappa shape index (κ2) is 7.81. The fourth-order valence-corrected chi connectivity index (χ4v) is 2.31. The number of hydrogen-bond acceptors (Lipinski definition) is 2. The molecule has 0 bridgehead atoms. The Morgan fingerprint density at radius 1 is 1.08 bits per heavy atom. The molecule has 0 saturated carbocycles. The summed E-state index contributed by atoms with van der Waals surface area (Å²) in [5.41, 5.74) is -0.985. The van der Waals surface area contributed by atoms with Gasteiger partial charge in [0, 0.05) is 25.4 Å². The van der Waals surface area contributed by atoms with E-state index in [4.69, 9.17) is 0 Å². The molecule has 0 saturated heterocycles. The molecule has 1 N–H and O–H groups in total. The molecule has 0 aliphatic rings. The SMILES string of the molecule is O=C(Cc1ccccc1C(F)(F)F)NCCCn1ccccc1=O. The minimum absolute atomic E-state index is 0.0539. The Labute approximate surface area is 136 Å². The normalized spacial score (nSPS) is 11.3. The van der Waals surface area contributed by atoms with Crippen LogP contribution >= 0.6 is 0 Å². The van der Waals surface area contributed by atoms with Gasteiger partial charge in [0.15, 0.2) is 0 Å². The maximum Gasteiger partial charge on any atom is 0.416 e.